The Labute approximate surface area is 142 Å². The number of carbonyl (C=O) groups is 2. The quantitative estimate of drug-likeness (QED) is 0.920. The summed E-state index contributed by atoms with van der Waals surface area (Å²) in [4.78, 5) is 26.3. The van der Waals surface area contributed by atoms with E-state index < -0.39 is 0 Å². The van der Waals surface area contributed by atoms with Crippen LogP contribution in [0.2, 0.25) is 0 Å². The van der Waals surface area contributed by atoms with Crippen LogP contribution >= 0.6 is 0 Å². The highest BCUT2D eigenvalue weighted by atomic mass is 16.2. The second kappa shape index (κ2) is 7.30. The Kier molecular flexibility index (Phi) is 4.94. The zero-order chi connectivity index (χ0) is 16.9. The van der Waals surface area contributed by atoms with Gasteiger partial charge in [-0.2, -0.15) is 0 Å². The van der Waals surface area contributed by atoms with Gasteiger partial charge >= 0.3 is 0 Å². The van der Waals surface area contributed by atoms with E-state index in [1.54, 1.807) is 4.90 Å². The van der Waals surface area contributed by atoms with Crippen molar-refractivity contribution in [3.8, 4) is 0 Å². The van der Waals surface area contributed by atoms with Gasteiger partial charge in [0, 0.05) is 26.1 Å². The Hall–Kier alpha value is -2.62. The molecule has 3 rings (SSSR count). The highest BCUT2D eigenvalue weighted by Crippen LogP contribution is 2.20. The van der Waals surface area contributed by atoms with Gasteiger partial charge in [-0.3, -0.25) is 9.59 Å². The first-order valence-corrected chi connectivity index (χ1v) is 8.27. The standard InChI is InChI=1S/C20H22N2O2/c1-15-7-5-6-10-17(15)12-21-20(24)18-11-19(23)22(14-18)13-16-8-3-2-4-9-16/h2-10,18H,11-14H2,1H3,(H,21,24)/t18-/m0/s1. The molecule has 0 bridgehead atoms. The number of carbonyl (C=O) groups excluding carboxylic acids is 2. The largest absolute Gasteiger partial charge is 0.352 e. The summed E-state index contributed by atoms with van der Waals surface area (Å²) >= 11 is 0. The SMILES string of the molecule is Cc1ccccc1CNC(=O)[C@H]1CC(=O)N(Cc2ccccc2)C1. The number of amides is 2. The third kappa shape index (κ3) is 3.82. The smallest absolute Gasteiger partial charge is 0.225 e. The fourth-order valence-electron chi connectivity index (χ4n) is 3.04. The molecule has 0 spiro atoms. The van der Waals surface area contributed by atoms with Crippen LogP contribution in [0.1, 0.15) is 23.1 Å². The molecule has 1 aliphatic heterocycles. The molecule has 1 aliphatic rings. The molecular formula is C20H22N2O2. The minimum absolute atomic E-state index is 0.0397. The lowest BCUT2D eigenvalue weighted by Gasteiger charge is -2.17. The van der Waals surface area contributed by atoms with Crippen LogP contribution in [0.3, 0.4) is 0 Å². The van der Waals surface area contributed by atoms with Gasteiger partial charge in [0.25, 0.3) is 0 Å². The molecular weight excluding hydrogens is 300 g/mol. The minimum Gasteiger partial charge on any atom is -0.352 e. The molecule has 1 saturated heterocycles. The van der Waals surface area contributed by atoms with Gasteiger partial charge in [0.15, 0.2) is 0 Å². The molecule has 0 saturated carbocycles. The summed E-state index contributed by atoms with van der Waals surface area (Å²) in [7, 11) is 0. The van der Waals surface area contributed by atoms with Crippen LogP contribution in [0.5, 0.6) is 0 Å². The molecule has 1 fully saturated rings. The predicted molar refractivity (Wildman–Crippen MR) is 93.0 cm³/mol. The number of hydrogen-bond donors (Lipinski definition) is 1. The molecule has 4 nitrogen and oxygen atoms in total. The predicted octanol–water partition coefficient (Wildman–Crippen LogP) is 2.66. The lowest BCUT2D eigenvalue weighted by Crippen LogP contribution is -2.32. The summed E-state index contributed by atoms with van der Waals surface area (Å²) in [6, 6.07) is 17.9. The second-order valence-electron chi connectivity index (χ2n) is 6.31. The maximum Gasteiger partial charge on any atom is 0.225 e. The lowest BCUT2D eigenvalue weighted by atomic mass is 10.1. The number of nitrogens with one attached hydrogen (secondary N) is 1. The van der Waals surface area contributed by atoms with Crippen LogP contribution in [-0.2, 0) is 22.7 Å². The van der Waals surface area contributed by atoms with Gasteiger partial charge in [-0.25, -0.2) is 0 Å². The van der Waals surface area contributed by atoms with E-state index in [9.17, 15) is 9.59 Å². The second-order valence-corrected chi connectivity index (χ2v) is 6.31. The summed E-state index contributed by atoms with van der Waals surface area (Å²) < 4.78 is 0. The molecule has 0 unspecified atom stereocenters. The highest BCUT2D eigenvalue weighted by Gasteiger charge is 2.34. The van der Waals surface area contributed by atoms with Gasteiger partial charge in [-0.05, 0) is 23.6 Å². The van der Waals surface area contributed by atoms with E-state index in [4.69, 9.17) is 0 Å². The molecule has 1 heterocycles. The minimum atomic E-state index is -0.259. The average molecular weight is 322 g/mol. The van der Waals surface area contributed by atoms with E-state index >= 15 is 0 Å². The number of aryl methyl sites for hydroxylation is 1. The van der Waals surface area contributed by atoms with Crippen molar-refractivity contribution in [2.24, 2.45) is 5.92 Å². The van der Waals surface area contributed by atoms with Crippen LogP contribution in [0.25, 0.3) is 0 Å². The molecule has 1 N–H and O–H groups in total. The molecule has 0 aliphatic carbocycles. The Morgan fingerprint density at radius 3 is 2.58 bits per heavy atom. The number of rotatable bonds is 5. The summed E-state index contributed by atoms with van der Waals surface area (Å²) in [5.74, 6) is -0.248. The number of nitrogens with zero attached hydrogens (tertiary/aromatic N) is 1. The summed E-state index contributed by atoms with van der Waals surface area (Å²) in [5.41, 5.74) is 3.36. The van der Waals surface area contributed by atoms with Crippen molar-refractivity contribution in [3.63, 3.8) is 0 Å². The normalized spacial score (nSPS) is 17.1. The first-order valence-electron chi connectivity index (χ1n) is 8.27. The van der Waals surface area contributed by atoms with Crippen molar-refractivity contribution in [2.45, 2.75) is 26.4 Å². The molecule has 1 atom stereocenters. The van der Waals surface area contributed by atoms with E-state index in [-0.39, 0.29) is 17.7 Å². The Balaban J connectivity index is 1.55. The zero-order valence-electron chi connectivity index (χ0n) is 13.9. The van der Waals surface area contributed by atoms with E-state index in [0.717, 1.165) is 16.7 Å². The van der Waals surface area contributed by atoms with Crippen LogP contribution < -0.4 is 5.32 Å². The number of benzene rings is 2. The van der Waals surface area contributed by atoms with Crippen molar-refractivity contribution in [2.75, 3.05) is 6.54 Å². The molecule has 2 amide bonds. The molecule has 2 aromatic carbocycles. The summed E-state index contributed by atoms with van der Waals surface area (Å²) in [6.07, 6.45) is 0.298. The van der Waals surface area contributed by atoms with Crippen LogP contribution in [0.15, 0.2) is 54.6 Å². The van der Waals surface area contributed by atoms with Gasteiger partial charge in [0.1, 0.15) is 0 Å². The molecule has 2 aromatic rings. The number of hydrogen-bond acceptors (Lipinski definition) is 2. The highest BCUT2D eigenvalue weighted by molar-refractivity contribution is 5.89. The first-order chi connectivity index (χ1) is 11.6. The van der Waals surface area contributed by atoms with E-state index in [1.807, 2.05) is 61.5 Å². The van der Waals surface area contributed by atoms with Gasteiger partial charge < -0.3 is 10.2 Å². The number of likely N-dealkylation sites (tertiary alicyclic amines) is 1. The van der Waals surface area contributed by atoms with Crippen LogP contribution in [0, 0.1) is 12.8 Å². The zero-order valence-corrected chi connectivity index (χ0v) is 13.9. The fourth-order valence-corrected chi connectivity index (χ4v) is 3.04. The van der Waals surface area contributed by atoms with Crippen molar-refractivity contribution in [1.29, 1.82) is 0 Å². The summed E-state index contributed by atoms with van der Waals surface area (Å²) in [5, 5.41) is 2.97. The maximum absolute atomic E-state index is 12.4. The van der Waals surface area contributed by atoms with Crippen LogP contribution in [-0.4, -0.2) is 23.3 Å². The van der Waals surface area contributed by atoms with Gasteiger partial charge in [-0.15, -0.1) is 0 Å². The fraction of sp³-hybridized carbons (Fsp3) is 0.300. The van der Waals surface area contributed by atoms with E-state index in [2.05, 4.69) is 5.32 Å². The molecule has 24 heavy (non-hydrogen) atoms. The van der Waals surface area contributed by atoms with Crippen molar-refractivity contribution in [3.05, 3.63) is 71.3 Å². The Morgan fingerprint density at radius 2 is 1.83 bits per heavy atom. The van der Waals surface area contributed by atoms with Crippen molar-refractivity contribution < 1.29 is 9.59 Å². The Bertz CT molecular complexity index is 727. The van der Waals surface area contributed by atoms with Gasteiger partial charge in [0.2, 0.25) is 11.8 Å². The van der Waals surface area contributed by atoms with Gasteiger partial charge in [-0.1, -0.05) is 54.6 Å². The monoisotopic (exact) mass is 322 g/mol. The summed E-state index contributed by atoms with van der Waals surface area (Å²) in [6.45, 7) is 3.60. The lowest BCUT2D eigenvalue weighted by molar-refractivity contribution is -0.129. The first kappa shape index (κ1) is 16.2. The molecule has 124 valence electrons. The van der Waals surface area contributed by atoms with Crippen LogP contribution in [0.4, 0.5) is 0 Å². The molecule has 0 radical (unpaired) electrons. The van der Waals surface area contributed by atoms with Crippen molar-refractivity contribution >= 4 is 11.8 Å². The van der Waals surface area contributed by atoms with E-state index in [0.29, 0.717) is 26.1 Å². The third-order valence-electron chi connectivity index (χ3n) is 4.52. The maximum atomic E-state index is 12.4. The Morgan fingerprint density at radius 1 is 1.12 bits per heavy atom. The topological polar surface area (TPSA) is 49.4 Å². The third-order valence-corrected chi connectivity index (χ3v) is 4.52. The average Bonchev–Trinajstić information content (AvgIpc) is 2.96. The van der Waals surface area contributed by atoms with Gasteiger partial charge in [0.05, 0.1) is 5.92 Å². The van der Waals surface area contributed by atoms with E-state index in [1.165, 1.54) is 0 Å². The molecule has 0 aromatic heterocycles. The van der Waals surface area contributed by atoms with Crippen molar-refractivity contribution in [1.82, 2.24) is 10.2 Å². The molecule has 4 heteroatoms.